The number of hydrogen-bond acceptors (Lipinski definition) is 2. The molecular formula is C17H14F2N2. The van der Waals surface area contributed by atoms with Crippen molar-refractivity contribution in [1.82, 2.24) is 10.3 Å². The molecule has 21 heavy (non-hydrogen) atoms. The first-order chi connectivity index (χ1) is 10.2. The number of pyridine rings is 1. The second-order valence-corrected chi connectivity index (χ2v) is 4.85. The quantitative estimate of drug-likeness (QED) is 0.791. The first kappa shape index (κ1) is 13.6. The summed E-state index contributed by atoms with van der Waals surface area (Å²) < 4.78 is 27.4. The number of para-hydroxylation sites is 1. The molecule has 0 radical (unpaired) electrons. The van der Waals surface area contributed by atoms with E-state index in [4.69, 9.17) is 0 Å². The van der Waals surface area contributed by atoms with Crippen LogP contribution in [-0.4, -0.2) is 12.0 Å². The van der Waals surface area contributed by atoms with Gasteiger partial charge in [-0.15, -0.1) is 0 Å². The van der Waals surface area contributed by atoms with Gasteiger partial charge in [0.15, 0.2) is 0 Å². The van der Waals surface area contributed by atoms with Crippen molar-refractivity contribution in [2.75, 3.05) is 7.05 Å². The largest absolute Gasteiger partial charge is 0.309 e. The summed E-state index contributed by atoms with van der Waals surface area (Å²) in [6, 6.07) is 12.7. The van der Waals surface area contributed by atoms with E-state index >= 15 is 0 Å². The summed E-state index contributed by atoms with van der Waals surface area (Å²) in [5.74, 6) is -0.899. The van der Waals surface area contributed by atoms with Gasteiger partial charge >= 0.3 is 0 Å². The highest BCUT2D eigenvalue weighted by molar-refractivity contribution is 5.79. The maximum Gasteiger partial charge on any atom is 0.128 e. The molecule has 3 rings (SSSR count). The van der Waals surface area contributed by atoms with E-state index in [-0.39, 0.29) is 5.56 Å². The third kappa shape index (κ3) is 2.62. The Morgan fingerprint density at radius 2 is 1.86 bits per heavy atom. The highest BCUT2D eigenvalue weighted by atomic mass is 19.1. The van der Waals surface area contributed by atoms with Gasteiger partial charge in [-0.05, 0) is 42.9 Å². The van der Waals surface area contributed by atoms with E-state index in [0.717, 1.165) is 28.6 Å². The molecule has 0 saturated heterocycles. The molecule has 0 amide bonds. The van der Waals surface area contributed by atoms with Crippen molar-refractivity contribution in [3.63, 3.8) is 0 Å². The van der Waals surface area contributed by atoms with E-state index in [2.05, 4.69) is 10.3 Å². The van der Waals surface area contributed by atoms with Crippen LogP contribution in [0.5, 0.6) is 0 Å². The fourth-order valence-electron chi connectivity index (χ4n) is 2.48. The normalized spacial score (nSPS) is 12.5. The Hall–Kier alpha value is -2.33. The SMILES string of the molecule is CNC(c1cnc2ccccc2c1)c1cc(F)ccc1F. The Bertz CT molecular complexity index is 787. The number of benzene rings is 2. The smallest absolute Gasteiger partial charge is 0.128 e. The van der Waals surface area contributed by atoms with Crippen LogP contribution < -0.4 is 5.32 Å². The van der Waals surface area contributed by atoms with Crippen LogP contribution in [0.3, 0.4) is 0 Å². The van der Waals surface area contributed by atoms with Crippen LogP contribution in [0.1, 0.15) is 17.2 Å². The summed E-state index contributed by atoms with van der Waals surface area (Å²) in [5.41, 5.74) is 1.94. The van der Waals surface area contributed by atoms with Crippen LogP contribution in [0.2, 0.25) is 0 Å². The minimum atomic E-state index is -0.458. The van der Waals surface area contributed by atoms with Crippen molar-refractivity contribution < 1.29 is 8.78 Å². The van der Waals surface area contributed by atoms with Gasteiger partial charge in [-0.1, -0.05) is 18.2 Å². The zero-order valence-electron chi connectivity index (χ0n) is 11.5. The summed E-state index contributed by atoms with van der Waals surface area (Å²) >= 11 is 0. The van der Waals surface area contributed by atoms with Crippen LogP contribution in [0.4, 0.5) is 8.78 Å². The summed E-state index contributed by atoms with van der Waals surface area (Å²) in [6.45, 7) is 0. The number of fused-ring (bicyclic) bond motifs is 1. The molecule has 1 unspecified atom stereocenters. The first-order valence-electron chi connectivity index (χ1n) is 6.66. The maximum absolute atomic E-state index is 14.0. The monoisotopic (exact) mass is 284 g/mol. The first-order valence-corrected chi connectivity index (χ1v) is 6.66. The summed E-state index contributed by atoms with van der Waals surface area (Å²) in [5, 5.41) is 3.99. The predicted molar refractivity (Wildman–Crippen MR) is 79.0 cm³/mol. The van der Waals surface area contributed by atoms with Crippen molar-refractivity contribution in [2.45, 2.75) is 6.04 Å². The van der Waals surface area contributed by atoms with E-state index in [1.54, 1.807) is 13.2 Å². The van der Waals surface area contributed by atoms with Gasteiger partial charge < -0.3 is 5.32 Å². The van der Waals surface area contributed by atoms with E-state index in [1.165, 1.54) is 6.07 Å². The maximum atomic E-state index is 14.0. The van der Waals surface area contributed by atoms with Gasteiger partial charge in [0.1, 0.15) is 11.6 Å². The molecule has 0 aliphatic carbocycles. The lowest BCUT2D eigenvalue weighted by Gasteiger charge is -2.18. The lowest BCUT2D eigenvalue weighted by Crippen LogP contribution is -2.19. The van der Waals surface area contributed by atoms with Gasteiger partial charge in [0.25, 0.3) is 0 Å². The number of rotatable bonds is 3. The standard InChI is InChI=1S/C17H14F2N2/c1-20-17(14-9-13(18)6-7-15(14)19)12-8-11-4-2-3-5-16(11)21-10-12/h2-10,17,20H,1H3. The molecule has 0 aliphatic rings. The van der Waals surface area contributed by atoms with Gasteiger partial charge in [0.05, 0.1) is 11.6 Å². The van der Waals surface area contributed by atoms with Gasteiger partial charge in [-0.25, -0.2) is 8.78 Å². The molecule has 2 aromatic carbocycles. The number of hydrogen-bond donors (Lipinski definition) is 1. The molecule has 3 aromatic rings. The molecule has 106 valence electrons. The van der Waals surface area contributed by atoms with Crippen molar-refractivity contribution >= 4 is 10.9 Å². The van der Waals surface area contributed by atoms with E-state index < -0.39 is 17.7 Å². The Labute approximate surface area is 121 Å². The molecule has 1 N–H and O–H groups in total. The minimum Gasteiger partial charge on any atom is -0.309 e. The van der Waals surface area contributed by atoms with Gasteiger partial charge in [0.2, 0.25) is 0 Å². The Kier molecular flexibility index (Phi) is 3.62. The lowest BCUT2D eigenvalue weighted by molar-refractivity contribution is 0.558. The van der Waals surface area contributed by atoms with E-state index in [9.17, 15) is 8.78 Å². The second kappa shape index (κ2) is 5.58. The van der Waals surface area contributed by atoms with E-state index in [1.807, 2.05) is 30.3 Å². The molecular weight excluding hydrogens is 270 g/mol. The van der Waals surface area contributed by atoms with Crippen molar-refractivity contribution in [1.29, 1.82) is 0 Å². The molecule has 4 heteroatoms. The second-order valence-electron chi connectivity index (χ2n) is 4.85. The highest BCUT2D eigenvalue weighted by Gasteiger charge is 2.17. The Morgan fingerprint density at radius 3 is 2.67 bits per heavy atom. The van der Waals surface area contributed by atoms with Crippen molar-refractivity contribution in [2.24, 2.45) is 0 Å². The number of nitrogens with one attached hydrogen (secondary N) is 1. The third-order valence-electron chi connectivity index (χ3n) is 3.50. The average molecular weight is 284 g/mol. The summed E-state index contributed by atoms with van der Waals surface area (Å²) in [4.78, 5) is 4.37. The van der Waals surface area contributed by atoms with Crippen LogP contribution in [0.25, 0.3) is 10.9 Å². The molecule has 0 aliphatic heterocycles. The van der Waals surface area contributed by atoms with Gasteiger partial charge in [-0.2, -0.15) is 0 Å². The summed E-state index contributed by atoms with van der Waals surface area (Å²) in [6.07, 6.45) is 1.69. The average Bonchev–Trinajstić information content (AvgIpc) is 2.51. The zero-order valence-corrected chi connectivity index (χ0v) is 11.5. The number of halogens is 2. The lowest BCUT2D eigenvalue weighted by atomic mass is 9.98. The Balaban J connectivity index is 2.11. The molecule has 2 nitrogen and oxygen atoms in total. The summed E-state index contributed by atoms with van der Waals surface area (Å²) in [7, 11) is 1.71. The molecule has 0 fully saturated rings. The van der Waals surface area contributed by atoms with Crippen LogP contribution in [0.15, 0.2) is 54.7 Å². The Morgan fingerprint density at radius 1 is 1.05 bits per heavy atom. The molecule has 0 bridgehead atoms. The van der Waals surface area contributed by atoms with Crippen LogP contribution >= 0.6 is 0 Å². The topological polar surface area (TPSA) is 24.9 Å². The fourth-order valence-corrected chi connectivity index (χ4v) is 2.48. The van der Waals surface area contributed by atoms with Gasteiger partial charge in [0, 0.05) is 17.1 Å². The highest BCUT2D eigenvalue weighted by Crippen LogP contribution is 2.26. The zero-order chi connectivity index (χ0) is 14.8. The molecule has 1 heterocycles. The van der Waals surface area contributed by atoms with E-state index in [0.29, 0.717) is 0 Å². The minimum absolute atomic E-state index is 0.273. The molecule has 1 aromatic heterocycles. The molecule has 0 spiro atoms. The van der Waals surface area contributed by atoms with Crippen LogP contribution in [-0.2, 0) is 0 Å². The third-order valence-corrected chi connectivity index (χ3v) is 3.50. The van der Waals surface area contributed by atoms with Gasteiger partial charge in [-0.3, -0.25) is 4.98 Å². The fraction of sp³-hybridized carbons (Fsp3) is 0.118. The molecule has 0 saturated carbocycles. The van der Waals surface area contributed by atoms with Crippen molar-refractivity contribution in [3.8, 4) is 0 Å². The predicted octanol–water partition coefficient (Wildman–Crippen LogP) is 3.82. The van der Waals surface area contributed by atoms with Crippen LogP contribution in [0, 0.1) is 11.6 Å². The number of nitrogens with zero attached hydrogens (tertiary/aromatic N) is 1. The number of aromatic nitrogens is 1. The van der Waals surface area contributed by atoms with Crippen molar-refractivity contribution in [3.05, 3.63) is 77.5 Å². The molecule has 1 atom stereocenters.